The number of nitrogens with zero attached hydrogens (tertiary/aromatic N) is 5. The van der Waals surface area contributed by atoms with Crippen LogP contribution < -0.4 is 0 Å². The highest BCUT2D eigenvalue weighted by Gasteiger charge is 2.26. The fraction of sp³-hybridized carbons (Fsp3) is 0.529. The van der Waals surface area contributed by atoms with Crippen LogP contribution in [-0.2, 0) is 9.53 Å². The first kappa shape index (κ1) is 17.9. The van der Waals surface area contributed by atoms with Gasteiger partial charge in [-0.05, 0) is 61.4 Å². The van der Waals surface area contributed by atoms with Gasteiger partial charge < -0.3 is 9.64 Å². The minimum absolute atomic E-state index is 0.0679. The summed E-state index contributed by atoms with van der Waals surface area (Å²) < 4.78 is 7.36. The largest absolute Gasteiger partial charge is 0.372 e. The van der Waals surface area contributed by atoms with E-state index in [4.69, 9.17) is 4.74 Å². The van der Waals surface area contributed by atoms with Gasteiger partial charge in [-0.2, -0.15) is 4.68 Å². The van der Waals surface area contributed by atoms with Crippen LogP contribution in [0.3, 0.4) is 0 Å². The molecule has 0 N–H and O–H groups in total. The van der Waals surface area contributed by atoms with E-state index >= 15 is 0 Å². The third-order valence-corrected chi connectivity index (χ3v) is 4.89. The topological polar surface area (TPSA) is 73.1 Å². The summed E-state index contributed by atoms with van der Waals surface area (Å²) in [4.78, 5) is 14.4. The molecule has 1 aliphatic rings. The third-order valence-electron chi connectivity index (χ3n) is 3.99. The van der Waals surface area contributed by atoms with Crippen molar-refractivity contribution in [3.63, 3.8) is 0 Å². The molecule has 2 heterocycles. The zero-order chi connectivity index (χ0) is 18.0. The number of hydrogen-bond donors (Lipinski definition) is 0. The van der Waals surface area contributed by atoms with Crippen molar-refractivity contribution in [1.29, 1.82) is 0 Å². The van der Waals surface area contributed by atoms with Crippen LogP contribution in [0.25, 0.3) is 5.69 Å². The van der Waals surface area contributed by atoms with Crippen molar-refractivity contribution in [2.24, 2.45) is 0 Å². The van der Waals surface area contributed by atoms with Gasteiger partial charge in [0.25, 0.3) is 0 Å². The van der Waals surface area contributed by atoms with E-state index in [9.17, 15) is 4.79 Å². The van der Waals surface area contributed by atoms with Crippen molar-refractivity contribution in [3.8, 4) is 5.69 Å². The minimum atomic E-state index is 0.0679. The maximum atomic E-state index is 12.5. The number of ether oxygens (including phenoxy) is 1. The number of aryl methyl sites for hydroxylation is 2. The molecule has 7 nitrogen and oxygen atoms in total. The lowest BCUT2D eigenvalue weighted by atomic mass is 10.1. The second-order valence-electron chi connectivity index (χ2n) is 6.56. The Balaban J connectivity index is 1.68. The number of hydrogen-bond acceptors (Lipinski definition) is 6. The van der Waals surface area contributed by atoms with E-state index in [1.165, 1.54) is 11.8 Å². The molecule has 8 heteroatoms. The number of amides is 1. The third kappa shape index (κ3) is 4.38. The van der Waals surface area contributed by atoms with Crippen molar-refractivity contribution in [3.05, 3.63) is 29.3 Å². The molecule has 0 bridgehead atoms. The molecule has 0 unspecified atom stereocenters. The number of rotatable bonds is 4. The Hall–Kier alpha value is -1.93. The zero-order valence-electron chi connectivity index (χ0n) is 15.0. The number of benzene rings is 1. The molecule has 1 aromatic heterocycles. The van der Waals surface area contributed by atoms with Crippen LogP contribution in [0.2, 0.25) is 0 Å². The summed E-state index contributed by atoms with van der Waals surface area (Å²) in [7, 11) is 0. The molecule has 1 amide bonds. The van der Waals surface area contributed by atoms with Crippen molar-refractivity contribution >= 4 is 17.7 Å². The van der Waals surface area contributed by atoms with Gasteiger partial charge in [-0.1, -0.05) is 17.8 Å². The van der Waals surface area contributed by atoms with E-state index in [2.05, 4.69) is 21.6 Å². The Morgan fingerprint density at radius 3 is 2.48 bits per heavy atom. The molecule has 1 aromatic carbocycles. The van der Waals surface area contributed by atoms with Crippen molar-refractivity contribution < 1.29 is 9.53 Å². The van der Waals surface area contributed by atoms with Gasteiger partial charge >= 0.3 is 0 Å². The average molecular weight is 361 g/mol. The average Bonchev–Trinajstić information content (AvgIpc) is 2.99. The molecule has 0 aliphatic carbocycles. The molecule has 3 rings (SSSR count). The summed E-state index contributed by atoms with van der Waals surface area (Å²) in [6.07, 6.45) is 0.136. The van der Waals surface area contributed by atoms with E-state index in [1.54, 1.807) is 4.68 Å². The summed E-state index contributed by atoms with van der Waals surface area (Å²) >= 11 is 1.36. The second kappa shape index (κ2) is 7.53. The van der Waals surface area contributed by atoms with Crippen LogP contribution in [0.4, 0.5) is 0 Å². The van der Waals surface area contributed by atoms with Crippen molar-refractivity contribution in [1.82, 2.24) is 25.1 Å². The molecule has 0 spiro atoms. The summed E-state index contributed by atoms with van der Waals surface area (Å²) in [5, 5.41) is 12.5. The SMILES string of the molecule is Cc1cc(C)cc(-n2nnnc2SCC(=O)N2C[C@@H](C)O[C@H](C)C2)c1. The summed E-state index contributed by atoms with van der Waals surface area (Å²) in [6, 6.07) is 6.16. The van der Waals surface area contributed by atoms with Crippen LogP contribution in [-0.4, -0.2) is 62.1 Å². The predicted octanol–water partition coefficient (Wildman–Crippen LogP) is 2.01. The van der Waals surface area contributed by atoms with E-state index in [-0.39, 0.29) is 18.1 Å². The van der Waals surface area contributed by atoms with Crippen LogP contribution >= 0.6 is 11.8 Å². The van der Waals surface area contributed by atoms with Crippen LogP contribution in [0.15, 0.2) is 23.4 Å². The monoisotopic (exact) mass is 361 g/mol. The molecule has 2 atom stereocenters. The summed E-state index contributed by atoms with van der Waals surface area (Å²) in [5.41, 5.74) is 3.20. The summed E-state index contributed by atoms with van der Waals surface area (Å²) in [5.74, 6) is 0.395. The Morgan fingerprint density at radius 1 is 1.20 bits per heavy atom. The van der Waals surface area contributed by atoms with E-state index in [1.807, 2.05) is 44.7 Å². The lowest BCUT2D eigenvalue weighted by Crippen LogP contribution is -2.48. The van der Waals surface area contributed by atoms with Crippen LogP contribution in [0.1, 0.15) is 25.0 Å². The lowest BCUT2D eigenvalue weighted by molar-refractivity contribution is -0.140. The highest BCUT2D eigenvalue weighted by atomic mass is 32.2. The Labute approximate surface area is 151 Å². The van der Waals surface area contributed by atoms with Gasteiger partial charge in [0.1, 0.15) is 0 Å². The fourth-order valence-electron chi connectivity index (χ4n) is 3.10. The van der Waals surface area contributed by atoms with Gasteiger partial charge in [-0.3, -0.25) is 4.79 Å². The Morgan fingerprint density at radius 2 is 1.84 bits per heavy atom. The smallest absolute Gasteiger partial charge is 0.233 e. The molecular formula is C17H23N5O2S. The number of tetrazole rings is 1. The van der Waals surface area contributed by atoms with Crippen molar-refractivity contribution in [2.75, 3.05) is 18.8 Å². The second-order valence-corrected chi connectivity index (χ2v) is 7.51. The predicted molar refractivity (Wildman–Crippen MR) is 95.9 cm³/mol. The van der Waals surface area contributed by atoms with Crippen LogP contribution in [0.5, 0.6) is 0 Å². The molecule has 1 fully saturated rings. The van der Waals surface area contributed by atoms with Gasteiger partial charge in [-0.25, -0.2) is 0 Å². The Bertz CT molecular complexity index is 733. The number of thioether (sulfide) groups is 1. The maximum absolute atomic E-state index is 12.5. The van der Waals surface area contributed by atoms with Crippen molar-refractivity contribution in [2.45, 2.75) is 45.1 Å². The minimum Gasteiger partial charge on any atom is -0.372 e. The first-order chi connectivity index (χ1) is 11.9. The Kier molecular flexibility index (Phi) is 5.39. The first-order valence-corrected chi connectivity index (χ1v) is 9.34. The van der Waals surface area contributed by atoms with E-state index in [0.29, 0.717) is 24.0 Å². The normalized spacial score (nSPS) is 20.7. The van der Waals surface area contributed by atoms with Crippen LogP contribution in [0, 0.1) is 13.8 Å². The highest BCUT2D eigenvalue weighted by Crippen LogP contribution is 2.21. The zero-order valence-corrected chi connectivity index (χ0v) is 15.8. The van der Waals surface area contributed by atoms with Gasteiger partial charge in [0, 0.05) is 13.1 Å². The number of carbonyl (C=O) groups is 1. The molecular weight excluding hydrogens is 338 g/mol. The van der Waals surface area contributed by atoms with Gasteiger partial charge in [0.05, 0.1) is 23.6 Å². The lowest BCUT2D eigenvalue weighted by Gasteiger charge is -2.35. The molecule has 1 saturated heterocycles. The quantitative estimate of drug-likeness (QED) is 0.776. The first-order valence-electron chi connectivity index (χ1n) is 8.35. The standard InChI is InChI=1S/C17H23N5O2S/c1-11-5-12(2)7-15(6-11)22-17(18-19-20-22)25-10-16(23)21-8-13(3)24-14(4)9-21/h5-7,13-14H,8-10H2,1-4H3/t13-,14-/m1/s1. The molecule has 0 radical (unpaired) electrons. The molecule has 25 heavy (non-hydrogen) atoms. The highest BCUT2D eigenvalue weighted by molar-refractivity contribution is 7.99. The fourth-order valence-corrected chi connectivity index (χ4v) is 3.90. The molecule has 2 aromatic rings. The van der Waals surface area contributed by atoms with Gasteiger partial charge in [0.15, 0.2) is 0 Å². The number of carbonyl (C=O) groups excluding carboxylic acids is 1. The number of aromatic nitrogens is 4. The van der Waals surface area contributed by atoms with Gasteiger partial charge in [-0.15, -0.1) is 5.10 Å². The van der Waals surface area contributed by atoms with E-state index in [0.717, 1.165) is 16.8 Å². The molecule has 134 valence electrons. The molecule has 0 saturated carbocycles. The van der Waals surface area contributed by atoms with Gasteiger partial charge in [0.2, 0.25) is 11.1 Å². The maximum Gasteiger partial charge on any atom is 0.233 e. The number of morpholine rings is 1. The molecule has 1 aliphatic heterocycles. The summed E-state index contributed by atoms with van der Waals surface area (Å²) in [6.45, 7) is 9.32. The van der Waals surface area contributed by atoms with E-state index < -0.39 is 0 Å².